The number of sulfone groups is 1. The summed E-state index contributed by atoms with van der Waals surface area (Å²) in [6, 6.07) is 8.04. The van der Waals surface area contributed by atoms with Crippen LogP contribution in [0.3, 0.4) is 0 Å². The van der Waals surface area contributed by atoms with E-state index in [2.05, 4.69) is 67.7 Å². The van der Waals surface area contributed by atoms with Crippen molar-refractivity contribution >= 4 is 26.5 Å². The zero-order chi connectivity index (χ0) is 28.7. The second-order valence-electron chi connectivity index (χ2n) is 13.0. The van der Waals surface area contributed by atoms with E-state index in [-0.39, 0.29) is 15.0 Å². The largest absolute Gasteiger partial charge is 0.408 e. The Morgan fingerprint density at radius 2 is 1.38 bits per heavy atom. The number of benzene rings is 1. The highest BCUT2D eigenvalue weighted by Crippen LogP contribution is 2.47. The summed E-state index contributed by atoms with van der Waals surface area (Å²) in [5, 5.41) is 11.7. The monoisotopic (exact) mass is 576 g/mol. The van der Waals surface area contributed by atoms with E-state index in [0.717, 1.165) is 0 Å². The van der Waals surface area contributed by atoms with Crippen LogP contribution < -0.4 is 0 Å². The van der Waals surface area contributed by atoms with Crippen LogP contribution in [-0.4, -0.2) is 80.5 Å². The Morgan fingerprint density at radius 3 is 1.81 bits per heavy atom. The molecule has 0 bridgehead atoms. The molecule has 1 saturated heterocycles. The summed E-state index contributed by atoms with van der Waals surface area (Å²) in [6.45, 7) is 20.9. The lowest BCUT2D eigenvalue weighted by molar-refractivity contribution is -0.251. The maximum atomic E-state index is 13.5. The molecule has 1 heterocycles. The molecule has 1 aliphatic rings. The minimum atomic E-state index is -3.95. The number of hydrogen-bond acceptors (Lipinski definition) is 8. The maximum Gasteiger partial charge on any atom is 0.208 e. The summed E-state index contributed by atoms with van der Waals surface area (Å²) < 4.78 is 57.9. The molecule has 37 heavy (non-hydrogen) atoms. The highest BCUT2D eigenvalue weighted by molar-refractivity contribution is 7.91. The van der Waals surface area contributed by atoms with E-state index in [4.69, 9.17) is 23.1 Å². The minimum Gasteiger partial charge on any atom is -0.408 e. The predicted molar refractivity (Wildman–Crippen MR) is 150 cm³/mol. The average Bonchev–Trinajstić information content (AvgIpc) is 2.98. The Balaban J connectivity index is 2.69. The molecule has 0 aromatic heterocycles. The van der Waals surface area contributed by atoms with E-state index >= 15 is 0 Å². The molecule has 1 aromatic rings. The Kier molecular flexibility index (Phi) is 9.76. The lowest BCUT2D eigenvalue weighted by Gasteiger charge is -2.45. The van der Waals surface area contributed by atoms with Gasteiger partial charge in [0.05, 0.1) is 4.90 Å². The van der Waals surface area contributed by atoms with E-state index in [1.165, 1.54) is 26.4 Å². The highest BCUT2D eigenvalue weighted by atomic mass is 32.2. The van der Waals surface area contributed by atoms with Gasteiger partial charge in [-0.15, -0.1) is 0 Å². The molecule has 8 nitrogen and oxygen atoms in total. The molecule has 0 radical (unpaired) electrons. The fraction of sp³-hybridized carbons (Fsp3) is 0.769. The summed E-state index contributed by atoms with van der Waals surface area (Å²) in [4.78, 5) is 0.0958. The third kappa shape index (κ3) is 7.12. The van der Waals surface area contributed by atoms with Gasteiger partial charge < -0.3 is 28.2 Å². The van der Waals surface area contributed by atoms with Gasteiger partial charge in [0.2, 0.25) is 5.79 Å². The summed E-state index contributed by atoms with van der Waals surface area (Å²) in [6.07, 6.45) is -3.74. The van der Waals surface area contributed by atoms with Gasteiger partial charge in [-0.2, -0.15) is 0 Å². The third-order valence-electron chi connectivity index (χ3n) is 8.10. The lowest BCUT2D eigenvalue weighted by atomic mass is 10.1. The number of methoxy groups -OCH3 is 2. The zero-order valence-corrected chi connectivity index (χ0v) is 27.4. The van der Waals surface area contributed by atoms with Gasteiger partial charge in [0, 0.05) is 14.2 Å². The van der Waals surface area contributed by atoms with E-state index in [9.17, 15) is 13.5 Å². The zero-order valence-electron chi connectivity index (χ0n) is 24.6. The molecule has 214 valence electrons. The van der Waals surface area contributed by atoms with Crippen LogP contribution in [0.1, 0.15) is 41.5 Å². The average molecular weight is 577 g/mol. The first-order chi connectivity index (χ1) is 16.6. The maximum absolute atomic E-state index is 13.5. The van der Waals surface area contributed by atoms with Crippen molar-refractivity contribution in [3.05, 3.63) is 30.3 Å². The summed E-state index contributed by atoms with van der Waals surface area (Å²) in [5.74, 6) is -2.89. The molecule has 1 aliphatic heterocycles. The second-order valence-corrected chi connectivity index (χ2v) is 24.5. The summed E-state index contributed by atoms with van der Waals surface area (Å²) >= 11 is 0. The molecule has 2 rings (SSSR count). The van der Waals surface area contributed by atoms with Gasteiger partial charge in [-0.1, -0.05) is 59.7 Å². The number of rotatable bonds is 10. The van der Waals surface area contributed by atoms with E-state index in [1.807, 2.05) is 0 Å². The van der Waals surface area contributed by atoms with Crippen molar-refractivity contribution in [1.82, 2.24) is 0 Å². The number of hydrogen-bond donors (Lipinski definition) is 1. The second kappa shape index (κ2) is 11.1. The Morgan fingerprint density at radius 1 is 0.919 bits per heavy atom. The van der Waals surface area contributed by atoms with E-state index < -0.39 is 62.6 Å². The van der Waals surface area contributed by atoms with Crippen LogP contribution in [0.5, 0.6) is 0 Å². The topological polar surface area (TPSA) is 101 Å². The van der Waals surface area contributed by atoms with Crippen LogP contribution in [0.4, 0.5) is 0 Å². The summed E-state index contributed by atoms with van der Waals surface area (Å²) in [7, 11) is -5.99. The Bertz CT molecular complexity index is 998. The predicted octanol–water partition coefficient (Wildman–Crippen LogP) is 4.95. The van der Waals surface area contributed by atoms with Crippen molar-refractivity contribution in [2.75, 3.05) is 20.0 Å². The smallest absolute Gasteiger partial charge is 0.208 e. The van der Waals surface area contributed by atoms with Crippen LogP contribution in [0.2, 0.25) is 36.3 Å². The first kappa shape index (κ1) is 32.6. The van der Waals surface area contributed by atoms with E-state index in [1.54, 1.807) is 18.2 Å². The molecule has 4 atom stereocenters. The Labute approximate surface area is 226 Å². The lowest BCUT2D eigenvalue weighted by Crippen LogP contribution is -2.59. The normalized spacial score (nSPS) is 26.2. The summed E-state index contributed by atoms with van der Waals surface area (Å²) in [5.41, 5.74) is 0. The van der Waals surface area contributed by atoms with Crippen molar-refractivity contribution in [2.24, 2.45) is 0 Å². The van der Waals surface area contributed by atoms with Crippen molar-refractivity contribution in [2.45, 2.75) is 113 Å². The van der Waals surface area contributed by atoms with Gasteiger partial charge >= 0.3 is 0 Å². The van der Waals surface area contributed by atoms with Crippen molar-refractivity contribution in [3.63, 3.8) is 0 Å². The fourth-order valence-corrected chi connectivity index (χ4v) is 7.89. The van der Waals surface area contributed by atoms with Crippen molar-refractivity contribution in [3.8, 4) is 0 Å². The van der Waals surface area contributed by atoms with Crippen LogP contribution in [-0.2, 0) is 32.9 Å². The molecule has 1 unspecified atom stereocenters. The van der Waals surface area contributed by atoms with Crippen molar-refractivity contribution < 1.29 is 36.6 Å². The first-order valence-corrected chi connectivity index (χ1v) is 20.2. The van der Waals surface area contributed by atoms with Crippen LogP contribution in [0.25, 0.3) is 0 Å². The SMILES string of the molecule is COC(OC)[C@H]1OC(O)(CS(=O)(=O)c2ccccc2)[C@H](O[Si](C)(C)C(C)(C)C)[C@H]1O[Si](C)(C)C(C)(C)C. The van der Waals surface area contributed by atoms with Gasteiger partial charge in [-0.25, -0.2) is 8.42 Å². The molecular weight excluding hydrogens is 529 g/mol. The molecule has 0 spiro atoms. The Hall–Kier alpha value is -0.636. The van der Waals surface area contributed by atoms with Crippen LogP contribution in [0.15, 0.2) is 35.2 Å². The molecule has 11 heteroatoms. The van der Waals surface area contributed by atoms with E-state index in [0.29, 0.717) is 0 Å². The molecular formula is C26H48O8SSi2. The van der Waals surface area contributed by atoms with Gasteiger partial charge in [0.25, 0.3) is 0 Å². The molecule has 1 N–H and O–H groups in total. The molecule has 0 amide bonds. The standard InChI is InChI=1S/C26H48O8SSi2/c1-24(2,3)36(9,10)33-20-21(23(30-7)31-8)32-26(27,22(20)34-37(11,12)25(4,5)6)18-35(28,29)19-16-14-13-15-17-19/h13-17,20-23,27H,18H2,1-12H3/t20-,21-,22+,26?/m0/s1. The minimum absolute atomic E-state index is 0.0958. The molecule has 1 fully saturated rings. The van der Waals surface area contributed by atoms with Crippen LogP contribution in [0, 0.1) is 0 Å². The van der Waals surface area contributed by atoms with Crippen molar-refractivity contribution in [1.29, 1.82) is 0 Å². The van der Waals surface area contributed by atoms with Gasteiger partial charge in [0.1, 0.15) is 24.1 Å². The van der Waals surface area contributed by atoms with Gasteiger partial charge in [0.15, 0.2) is 32.8 Å². The third-order valence-corrected chi connectivity index (χ3v) is 18.8. The number of ether oxygens (including phenoxy) is 3. The van der Waals surface area contributed by atoms with Crippen LogP contribution >= 0.6 is 0 Å². The van der Waals surface area contributed by atoms with Gasteiger partial charge in [-0.3, -0.25) is 0 Å². The molecule has 1 aromatic carbocycles. The fourth-order valence-electron chi connectivity index (χ4n) is 3.77. The van der Waals surface area contributed by atoms with Gasteiger partial charge in [-0.05, 0) is 48.4 Å². The molecule has 0 saturated carbocycles. The molecule has 0 aliphatic carbocycles. The number of aliphatic hydroxyl groups is 1. The highest BCUT2D eigenvalue weighted by Gasteiger charge is 2.63. The quantitative estimate of drug-likeness (QED) is 0.309. The first-order valence-electron chi connectivity index (χ1n) is 12.7.